The number of nitrogens with one attached hydrogen (secondary N) is 7. The van der Waals surface area contributed by atoms with Gasteiger partial charge in [-0.05, 0) is 60.6 Å². The molecule has 514 valence electrons. The van der Waals surface area contributed by atoms with Crippen molar-refractivity contribution in [1.29, 1.82) is 0 Å². The average molecular weight is 1330 g/mol. The van der Waals surface area contributed by atoms with Crippen LogP contribution in [0.15, 0.2) is 67.0 Å². The number of carbonyl (C=O) groups is 5. The van der Waals surface area contributed by atoms with Gasteiger partial charge in [0.1, 0.15) is 18.0 Å². The number of carbonyl (C=O) groups excluding carboxylic acids is 3. The first-order valence-electron chi connectivity index (χ1n) is 30.8. The molecule has 4 atom stereocenters. The van der Waals surface area contributed by atoms with Gasteiger partial charge >= 0.3 is 11.9 Å². The molecule has 0 radical (unpaired) electrons. The number of carboxylic acid groups (broad SMARTS) is 2. The number of anilines is 2. The van der Waals surface area contributed by atoms with Crippen LogP contribution < -0.4 is 37.2 Å². The summed E-state index contributed by atoms with van der Waals surface area (Å²) in [5, 5.41) is 57.1. The van der Waals surface area contributed by atoms with Crippen molar-refractivity contribution >= 4 is 58.9 Å². The van der Waals surface area contributed by atoms with Gasteiger partial charge in [-0.2, -0.15) is 0 Å². The van der Waals surface area contributed by atoms with Crippen LogP contribution >= 0.6 is 12.2 Å². The molecule has 4 heterocycles. The normalized spacial score (nSPS) is 15.7. The maximum absolute atomic E-state index is 12.4. The van der Waals surface area contributed by atoms with Crippen molar-refractivity contribution in [2.24, 2.45) is 0 Å². The Labute approximate surface area is 545 Å². The molecule has 32 nitrogen and oxygen atoms in total. The van der Waals surface area contributed by atoms with Crippen LogP contribution in [-0.2, 0) is 87.2 Å². The number of amides is 2. The Bertz CT molecular complexity index is 2670. The van der Waals surface area contributed by atoms with Crippen LogP contribution in [0, 0.1) is 0 Å². The molecule has 9 N–H and O–H groups in total. The Balaban J connectivity index is 0.697. The zero-order valence-electron chi connectivity index (χ0n) is 52.3. The number of aliphatic carboxylic acids is 2. The van der Waals surface area contributed by atoms with Gasteiger partial charge in [0.2, 0.25) is 23.5 Å². The van der Waals surface area contributed by atoms with E-state index in [1.54, 1.807) is 30.5 Å². The van der Waals surface area contributed by atoms with Crippen LogP contribution in [-0.4, -0.2) is 278 Å². The van der Waals surface area contributed by atoms with Crippen molar-refractivity contribution in [2.75, 3.05) is 189 Å². The third-order valence-electron chi connectivity index (χ3n) is 13.1. The van der Waals surface area contributed by atoms with Crippen LogP contribution in [0.5, 0.6) is 0 Å². The van der Waals surface area contributed by atoms with E-state index >= 15 is 0 Å². The first-order chi connectivity index (χ1) is 45.5. The average Bonchev–Trinajstić information content (AvgIpc) is 2.05. The van der Waals surface area contributed by atoms with Gasteiger partial charge < -0.3 is 104 Å². The summed E-state index contributed by atoms with van der Waals surface area (Å²) in [6.45, 7) is 10.9. The number of hydrogen-bond donors (Lipinski definition) is 9. The molecule has 4 unspecified atom stereocenters. The largest absolute Gasteiger partial charge is 0.481 e. The Morgan fingerprint density at radius 1 is 0.505 bits per heavy atom. The summed E-state index contributed by atoms with van der Waals surface area (Å²) in [4.78, 5) is 67.2. The van der Waals surface area contributed by atoms with Gasteiger partial charge in [-0.25, -0.2) is 0 Å². The second-order valence-corrected chi connectivity index (χ2v) is 20.7. The minimum Gasteiger partial charge on any atom is -0.481 e. The summed E-state index contributed by atoms with van der Waals surface area (Å²) in [6, 6.07) is 14.5. The van der Waals surface area contributed by atoms with E-state index in [1.165, 1.54) is 6.20 Å². The van der Waals surface area contributed by atoms with Gasteiger partial charge in [-0.3, -0.25) is 33.9 Å². The molecule has 3 aromatic heterocycles. The molecule has 1 aliphatic heterocycles. The predicted molar refractivity (Wildman–Crippen MR) is 339 cm³/mol. The Morgan fingerprint density at radius 3 is 1.42 bits per heavy atom. The van der Waals surface area contributed by atoms with Gasteiger partial charge in [0.25, 0.3) is 6.47 Å². The summed E-state index contributed by atoms with van der Waals surface area (Å²) in [6.07, 6.45) is 3.22. The highest BCUT2D eigenvalue weighted by Gasteiger charge is 2.30. The lowest BCUT2D eigenvalue weighted by Crippen LogP contribution is -2.55. The third-order valence-corrected chi connectivity index (χ3v) is 13.4. The highest BCUT2D eigenvalue weighted by Crippen LogP contribution is 2.17. The molecule has 0 spiro atoms. The topological polar surface area (TPSA) is 398 Å². The van der Waals surface area contributed by atoms with Gasteiger partial charge in [0.05, 0.1) is 176 Å². The van der Waals surface area contributed by atoms with E-state index in [2.05, 4.69) is 67.6 Å². The van der Waals surface area contributed by atoms with Crippen LogP contribution in [0.25, 0.3) is 23.0 Å². The second kappa shape index (κ2) is 49.5. The number of aromatic nitrogens is 6. The van der Waals surface area contributed by atoms with Crippen molar-refractivity contribution in [3.63, 3.8) is 0 Å². The number of hydrogen-bond acceptors (Lipinski definition) is 27. The fourth-order valence-electron chi connectivity index (χ4n) is 8.53. The number of carboxylic acids is 2. The van der Waals surface area contributed by atoms with Crippen molar-refractivity contribution in [1.82, 2.24) is 56.9 Å². The summed E-state index contributed by atoms with van der Waals surface area (Å²) in [7, 11) is 0. The van der Waals surface area contributed by atoms with Crippen molar-refractivity contribution < 1.29 is 91.0 Å². The lowest BCUT2D eigenvalue weighted by Gasteiger charge is -2.31. The quantitative estimate of drug-likeness (QED) is 0.0163. The number of ether oxygens (including phenoxy) is 12. The smallest absolute Gasteiger partial charge is 0.304 e. The fourth-order valence-corrected chi connectivity index (χ4v) is 8.75. The molecule has 0 saturated carbocycles. The standard InChI is InChI=1S/C60H89N13O19S/c74-44-92-43-53-52(67-49(39-57(79)80)42-64-48(41-66-53)38-56(77)78)37-45-4-6-46(7-5-45)69-60(93)63-14-16-82-18-20-84-22-24-86-26-28-88-30-32-90-34-36-91-35-33-89-31-29-87-27-25-85-23-21-83-19-17-81-15-13-62-54(75)10-11-55(76)68-47-8-9-51(65-40-47)59-72-70-58(71-73-59)50-3-1-2-12-61-50/h1-9,12,40,44,48-49,52-53,64,66-67H,10-11,13-39,41-43H2,(H,62,75)(H,68,76)(H,77,78)(H,79,80)(H2,63,69,93). The molecular formula is C60H89N13O19S. The summed E-state index contributed by atoms with van der Waals surface area (Å²) >= 11 is 5.45. The minimum atomic E-state index is -0.994. The number of pyridine rings is 2. The van der Waals surface area contributed by atoms with E-state index in [-0.39, 0.29) is 69.1 Å². The molecule has 1 aromatic carbocycles. The van der Waals surface area contributed by atoms with Crippen molar-refractivity contribution in [3.05, 3.63) is 72.6 Å². The van der Waals surface area contributed by atoms with E-state index in [9.17, 15) is 34.2 Å². The van der Waals surface area contributed by atoms with Gasteiger partial charge in [0.15, 0.2) is 5.11 Å². The zero-order chi connectivity index (χ0) is 66.0. The molecule has 1 saturated heterocycles. The molecule has 0 aliphatic carbocycles. The van der Waals surface area contributed by atoms with Gasteiger partial charge in [-0.15, -0.1) is 20.4 Å². The lowest BCUT2D eigenvalue weighted by atomic mass is 9.97. The molecule has 33 heteroatoms. The summed E-state index contributed by atoms with van der Waals surface area (Å²) in [5.41, 5.74) is 3.12. The van der Waals surface area contributed by atoms with Crippen LogP contribution in [0.4, 0.5) is 11.4 Å². The van der Waals surface area contributed by atoms with E-state index in [1.807, 2.05) is 30.3 Å². The maximum atomic E-state index is 12.4. The van der Waals surface area contributed by atoms with Gasteiger partial charge in [0, 0.05) is 69.0 Å². The second-order valence-electron chi connectivity index (χ2n) is 20.3. The van der Waals surface area contributed by atoms with Crippen LogP contribution in [0.1, 0.15) is 31.2 Å². The Kier molecular flexibility index (Phi) is 40.8. The summed E-state index contributed by atoms with van der Waals surface area (Å²) < 4.78 is 66.0. The van der Waals surface area contributed by atoms with Crippen LogP contribution in [0.3, 0.4) is 0 Å². The number of thiocarbonyl (C=S) groups is 1. The fraction of sp³-hybridized carbons (Fsp3) is 0.600. The van der Waals surface area contributed by atoms with E-state index in [4.69, 9.17) is 69.1 Å². The molecule has 2 amide bonds. The van der Waals surface area contributed by atoms with E-state index < -0.39 is 30.1 Å². The van der Waals surface area contributed by atoms with Crippen molar-refractivity contribution in [2.45, 2.75) is 56.3 Å². The zero-order valence-corrected chi connectivity index (χ0v) is 53.1. The molecule has 5 rings (SSSR count). The highest BCUT2D eigenvalue weighted by molar-refractivity contribution is 7.80. The highest BCUT2D eigenvalue weighted by atomic mass is 32.1. The molecular weight excluding hydrogens is 1240 g/mol. The Hall–Kier alpha value is -7.06. The summed E-state index contributed by atoms with van der Waals surface area (Å²) in [5.74, 6) is -2.06. The first-order valence-corrected chi connectivity index (χ1v) is 31.2. The maximum Gasteiger partial charge on any atom is 0.304 e. The first kappa shape index (κ1) is 76.7. The monoisotopic (exact) mass is 1330 g/mol. The molecule has 1 aliphatic rings. The molecule has 0 bridgehead atoms. The number of rotatable bonds is 52. The van der Waals surface area contributed by atoms with E-state index in [0.717, 1.165) is 11.3 Å². The van der Waals surface area contributed by atoms with Crippen LogP contribution in [0.2, 0.25) is 0 Å². The Morgan fingerprint density at radius 2 is 0.957 bits per heavy atom. The van der Waals surface area contributed by atoms with Gasteiger partial charge in [-0.1, -0.05) is 18.2 Å². The van der Waals surface area contributed by atoms with Crippen molar-refractivity contribution in [3.8, 4) is 23.0 Å². The minimum absolute atomic E-state index is 0.00504. The third kappa shape index (κ3) is 36.8. The lowest BCUT2D eigenvalue weighted by molar-refractivity contribution is -0.139. The predicted octanol–water partition coefficient (Wildman–Crippen LogP) is 0.316. The molecule has 93 heavy (non-hydrogen) atoms. The SMILES string of the molecule is O=COCC1NCC(CC(=O)O)NCC(CC(=O)O)NC1Cc1ccc(NC(=S)NCCOCCOCCOCCOCCOCCOCCOCCOCCOCCOCCOCCNC(=O)CCC(=O)Nc2ccc(-c3nnc(-c4ccccn4)nn3)nc2)cc1. The van der Waals surface area contributed by atoms with E-state index in [0.29, 0.717) is 199 Å². The molecule has 4 aromatic rings. The number of nitrogens with zero attached hydrogens (tertiary/aromatic N) is 6. The number of benzene rings is 1. The molecule has 1 fully saturated rings.